The third-order valence-corrected chi connectivity index (χ3v) is 10.4. The number of nitrogens with two attached hydrogens (primary N) is 1. The van der Waals surface area contributed by atoms with E-state index in [1.165, 1.54) is 24.4 Å². The van der Waals surface area contributed by atoms with Crippen LogP contribution in [-0.4, -0.2) is 141 Å². The lowest BCUT2D eigenvalue weighted by molar-refractivity contribution is -0.137. The molecule has 0 bridgehead atoms. The van der Waals surface area contributed by atoms with Crippen LogP contribution in [-0.2, 0) is 28.7 Å². The summed E-state index contributed by atoms with van der Waals surface area (Å²) in [5.41, 5.74) is 9.47. The van der Waals surface area contributed by atoms with Crippen molar-refractivity contribution in [3.05, 3.63) is 84.6 Å². The molecule has 2 saturated heterocycles. The van der Waals surface area contributed by atoms with E-state index in [1.54, 1.807) is 17.3 Å². The zero-order valence-corrected chi connectivity index (χ0v) is 33.3. The van der Waals surface area contributed by atoms with Crippen molar-refractivity contribution in [2.24, 2.45) is 0 Å². The van der Waals surface area contributed by atoms with E-state index in [9.17, 15) is 28.8 Å². The molecule has 1 atom stereocenters. The van der Waals surface area contributed by atoms with Crippen LogP contribution in [0.2, 0.25) is 0 Å². The Morgan fingerprint density at radius 2 is 1.69 bits per heavy atom. The van der Waals surface area contributed by atoms with Crippen molar-refractivity contribution in [2.75, 3.05) is 81.7 Å². The highest BCUT2D eigenvalue weighted by atomic mass is 16.5. The number of carbonyl (C=O) groups excluding carboxylic acids is 6. The van der Waals surface area contributed by atoms with Crippen LogP contribution in [0.3, 0.4) is 0 Å². The summed E-state index contributed by atoms with van der Waals surface area (Å²) < 4.78 is 18.5. The molecule has 3 aliphatic heterocycles. The molecule has 0 radical (unpaired) electrons. The number of imide groups is 2. The Labute approximate surface area is 353 Å². The molecule has 6 heterocycles. The second-order valence-electron chi connectivity index (χ2n) is 14.4. The summed E-state index contributed by atoms with van der Waals surface area (Å²) in [5, 5.41) is 8.16. The fourth-order valence-electron chi connectivity index (χ4n) is 7.28. The van der Waals surface area contributed by atoms with Crippen molar-refractivity contribution in [3.8, 4) is 17.1 Å². The molecule has 21 heteroatoms. The lowest BCUT2D eigenvalue weighted by Crippen LogP contribution is -2.54. The largest absolute Gasteiger partial charge is 0.483 e. The molecule has 0 spiro atoms. The van der Waals surface area contributed by atoms with Gasteiger partial charge in [-0.3, -0.25) is 44.0 Å². The Balaban J connectivity index is 0.703. The fourth-order valence-corrected chi connectivity index (χ4v) is 7.28. The maximum absolute atomic E-state index is 13.2. The van der Waals surface area contributed by atoms with Crippen molar-refractivity contribution in [1.29, 1.82) is 0 Å². The number of fused-ring (bicyclic) bond motifs is 2. The van der Waals surface area contributed by atoms with Crippen LogP contribution < -0.4 is 31.3 Å². The van der Waals surface area contributed by atoms with Crippen molar-refractivity contribution >= 4 is 64.1 Å². The number of carbonyl (C=O) groups is 6. The maximum Gasteiger partial charge on any atom is 0.266 e. The Kier molecular flexibility index (Phi) is 12.2. The number of anilines is 4. The van der Waals surface area contributed by atoms with Gasteiger partial charge < -0.3 is 44.8 Å². The van der Waals surface area contributed by atoms with Gasteiger partial charge in [0.05, 0.1) is 43.3 Å². The second kappa shape index (κ2) is 18.4. The van der Waals surface area contributed by atoms with Crippen molar-refractivity contribution in [1.82, 2.24) is 44.8 Å². The van der Waals surface area contributed by atoms with Gasteiger partial charge in [0.25, 0.3) is 17.7 Å². The number of hydrogen-bond donors (Lipinski definition) is 4. The van der Waals surface area contributed by atoms with E-state index >= 15 is 0 Å². The van der Waals surface area contributed by atoms with E-state index in [2.05, 4.69) is 35.8 Å². The summed E-state index contributed by atoms with van der Waals surface area (Å²) in [6, 6.07) is 11.3. The van der Waals surface area contributed by atoms with E-state index in [1.807, 2.05) is 41.1 Å². The summed E-state index contributed by atoms with van der Waals surface area (Å²) in [7, 11) is 0. The Morgan fingerprint density at radius 3 is 2.48 bits per heavy atom. The van der Waals surface area contributed by atoms with E-state index in [0.717, 1.165) is 16.3 Å². The molecule has 5 aromatic rings. The van der Waals surface area contributed by atoms with Crippen molar-refractivity contribution in [3.63, 3.8) is 0 Å². The lowest BCUT2D eigenvalue weighted by Gasteiger charge is -2.36. The smallest absolute Gasteiger partial charge is 0.266 e. The van der Waals surface area contributed by atoms with Crippen LogP contribution >= 0.6 is 0 Å². The monoisotopic (exact) mass is 846 g/mol. The van der Waals surface area contributed by atoms with Crippen LogP contribution in [0, 0.1) is 0 Å². The van der Waals surface area contributed by atoms with E-state index in [4.69, 9.17) is 24.9 Å². The Bertz CT molecular complexity index is 2520. The zero-order valence-electron chi connectivity index (χ0n) is 33.3. The van der Waals surface area contributed by atoms with Gasteiger partial charge in [-0.25, -0.2) is 15.0 Å². The fraction of sp³-hybridized carbons (Fsp3) is 0.317. The number of piperazine rings is 1. The first-order chi connectivity index (χ1) is 30.1. The first kappa shape index (κ1) is 41.2. The third kappa shape index (κ3) is 9.12. The highest BCUT2D eigenvalue weighted by molar-refractivity contribution is 6.24. The van der Waals surface area contributed by atoms with Gasteiger partial charge in [0.15, 0.2) is 18.1 Å². The minimum atomic E-state index is -1.12. The van der Waals surface area contributed by atoms with Crippen LogP contribution in [0.25, 0.3) is 17.0 Å². The van der Waals surface area contributed by atoms with Gasteiger partial charge in [0.2, 0.25) is 17.7 Å². The van der Waals surface area contributed by atoms with Crippen LogP contribution in [0.15, 0.2) is 73.4 Å². The van der Waals surface area contributed by atoms with Crippen LogP contribution in [0.5, 0.6) is 5.75 Å². The number of nitrogens with one attached hydrogen (secondary N) is 3. The predicted molar refractivity (Wildman–Crippen MR) is 220 cm³/mol. The summed E-state index contributed by atoms with van der Waals surface area (Å²) in [6.45, 7) is 2.63. The molecule has 6 amide bonds. The molecule has 21 nitrogen and oxygen atoms in total. The molecule has 3 aliphatic rings. The Hall–Kier alpha value is -7.52. The quantitative estimate of drug-likeness (QED) is 0.0791. The molecule has 5 N–H and O–H groups in total. The zero-order chi connectivity index (χ0) is 43.2. The molecule has 0 saturated carbocycles. The van der Waals surface area contributed by atoms with E-state index in [0.29, 0.717) is 54.8 Å². The average molecular weight is 847 g/mol. The molecule has 2 fully saturated rings. The number of rotatable bonds is 16. The minimum absolute atomic E-state index is 0.00111. The minimum Gasteiger partial charge on any atom is -0.483 e. The maximum atomic E-state index is 13.2. The summed E-state index contributed by atoms with van der Waals surface area (Å²) >= 11 is 0. The number of benzene rings is 2. The van der Waals surface area contributed by atoms with Crippen molar-refractivity contribution < 1.29 is 43.0 Å². The molecule has 8 rings (SSSR count). The first-order valence-corrected chi connectivity index (χ1v) is 19.8. The van der Waals surface area contributed by atoms with Gasteiger partial charge in [-0.15, -0.1) is 0 Å². The molecule has 1 unspecified atom stereocenters. The van der Waals surface area contributed by atoms with Gasteiger partial charge in [-0.2, -0.15) is 0 Å². The van der Waals surface area contributed by atoms with Crippen LogP contribution in [0.4, 0.5) is 23.0 Å². The molecule has 0 aliphatic carbocycles. The third-order valence-electron chi connectivity index (χ3n) is 10.4. The van der Waals surface area contributed by atoms with Gasteiger partial charge >= 0.3 is 0 Å². The van der Waals surface area contributed by atoms with E-state index in [-0.39, 0.29) is 68.6 Å². The summed E-state index contributed by atoms with van der Waals surface area (Å²) in [6.07, 6.45) is 8.44. The summed E-state index contributed by atoms with van der Waals surface area (Å²) in [4.78, 5) is 97.9. The molecule has 3 aromatic heterocycles. The normalized spacial score (nSPS) is 16.4. The van der Waals surface area contributed by atoms with Crippen molar-refractivity contribution in [2.45, 2.75) is 18.9 Å². The highest BCUT2D eigenvalue weighted by Crippen LogP contribution is 2.34. The number of hydrogen-bond acceptors (Lipinski definition) is 16. The molecule has 2 aromatic carbocycles. The van der Waals surface area contributed by atoms with Gasteiger partial charge in [-0.1, -0.05) is 6.07 Å². The summed E-state index contributed by atoms with van der Waals surface area (Å²) in [5.74, 6) is -2.32. The SMILES string of the molecule is Nc1cncc(-c2cn3ccnc3c(Nc3ccc(N4CCN(C(=O)COCCOCCNC(=O)COc5cccc6c5C(=O)N(C5CCC(=O)NC5=O)C6=O)CC4)cc3)n2)n1. The topological polar surface area (TPSA) is 258 Å². The van der Waals surface area contributed by atoms with Gasteiger partial charge in [0, 0.05) is 69.1 Å². The second-order valence-corrected chi connectivity index (χ2v) is 14.4. The number of amides is 6. The molecular formula is C41H42N12O9. The lowest BCUT2D eigenvalue weighted by atomic mass is 10.0. The van der Waals surface area contributed by atoms with Gasteiger partial charge in [-0.05, 0) is 42.8 Å². The van der Waals surface area contributed by atoms with E-state index < -0.39 is 42.2 Å². The van der Waals surface area contributed by atoms with Crippen LogP contribution in [0.1, 0.15) is 33.6 Å². The average Bonchev–Trinajstić information content (AvgIpc) is 3.86. The first-order valence-electron chi connectivity index (χ1n) is 19.8. The number of nitrogen functional groups attached to an aromatic ring is 1. The molecule has 62 heavy (non-hydrogen) atoms. The standard InChI is InChI=1S/C41H42N12O9/c42-32-21-43-20-28(47-32)29-22-52-12-10-45-38(52)37(48-29)46-25-4-6-26(7-5-25)50-13-15-51(16-14-50)35(56)24-61-19-18-60-17-11-44-34(55)23-62-31-3-1-2-27-36(31)41(59)53(40(27)58)30-8-9-33(54)49-39(30)57/h1-7,10,12,20-22,30H,8-9,11,13-19,23-24H2,(H2,42,47)(H,44,55)(H,46,48)(H,49,54,57). The Morgan fingerprint density at radius 1 is 0.887 bits per heavy atom. The number of aromatic nitrogens is 5. The molecule has 320 valence electrons. The predicted octanol–water partition coefficient (Wildman–Crippen LogP) is 0.790. The number of nitrogens with zero attached hydrogens (tertiary/aromatic N) is 8. The number of ether oxygens (including phenoxy) is 3. The molecular weight excluding hydrogens is 805 g/mol. The number of piperidine rings is 1. The van der Waals surface area contributed by atoms with Gasteiger partial charge in [0.1, 0.15) is 35.6 Å². The number of imidazole rings is 1. The highest BCUT2D eigenvalue weighted by Gasteiger charge is 2.46.